The number of halogens is 1. The molecule has 0 rings (SSSR count). The molecule has 16 heavy (non-hydrogen) atoms. The second-order valence-corrected chi connectivity index (χ2v) is 4.94. The first-order valence-electron chi connectivity index (χ1n) is 7.12. The predicted octanol–water partition coefficient (Wildman–Crippen LogP) is 6.09. The smallest absolute Gasteiger partial charge is 0.0223 e. The lowest BCUT2D eigenvalue weighted by Gasteiger charge is -1.99. The number of rotatable bonds is 12. The van der Waals surface area contributed by atoms with Gasteiger partial charge in [-0.15, -0.1) is 11.6 Å². The van der Waals surface area contributed by atoms with E-state index < -0.39 is 0 Å². The Kier molecular flexibility index (Phi) is 15.1. The lowest BCUT2D eigenvalue weighted by Crippen LogP contribution is -1.81. The van der Waals surface area contributed by atoms with Crippen molar-refractivity contribution in [3.63, 3.8) is 0 Å². The number of allylic oxidation sites excluding steroid dienone is 2. The Hall–Kier alpha value is 0.0300. The van der Waals surface area contributed by atoms with E-state index in [0.717, 1.165) is 5.88 Å². The van der Waals surface area contributed by atoms with Crippen LogP contribution in [0.5, 0.6) is 0 Å². The largest absolute Gasteiger partial charge is 0.127 e. The minimum absolute atomic E-state index is 0.836. The Balaban J connectivity index is 2.95. The first kappa shape index (κ1) is 16.0. The van der Waals surface area contributed by atoms with Crippen molar-refractivity contribution in [1.29, 1.82) is 0 Å². The maximum absolute atomic E-state index is 5.63. The molecule has 96 valence electrons. The minimum atomic E-state index is 0.836. The molecule has 0 unspecified atom stereocenters. The molecule has 0 aliphatic carbocycles. The highest BCUT2D eigenvalue weighted by molar-refractivity contribution is 6.17. The Bertz CT molecular complexity index is 140. The summed E-state index contributed by atoms with van der Waals surface area (Å²) < 4.78 is 0. The fraction of sp³-hybridized carbons (Fsp3) is 0.867. The van der Waals surface area contributed by atoms with Gasteiger partial charge in [-0.2, -0.15) is 0 Å². The molecule has 0 saturated heterocycles. The van der Waals surface area contributed by atoms with E-state index in [0.29, 0.717) is 0 Å². The third-order valence-corrected chi connectivity index (χ3v) is 3.16. The second kappa shape index (κ2) is 15.0. The van der Waals surface area contributed by atoms with E-state index in [4.69, 9.17) is 11.6 Å². The molecular formula is C15H29Cl. The maximum atomic E-state index is 5.63. The molecule has 0 aliphatic rings. The average Bonchev–Trinajstić information content (AvgIpc) is 2.31. The average molecular weight is 245 g/mol. The van der Waals surface area contributed by atoms with E-state index in [1.54, 1.807) is 0 Å². The van der Waals surface area contributed by atoms with Gasteiger partial charge in [-0.3, -0.25) is 0 Å². The summed E-state index contributed by atoms with van der Waals surface area (Å²) in [5, 5.41) is 0. The van der Waals surface area contributed by atoms with Crippen LogP contribution in [0.2, 0.25) is 0 Å². The Morgan fingerprint density at radius 3 is 1.75 bits per heavy atom. The van der Waals surface area contributed by atoms with E-state index in [-0.39, 0.29) is 0 Å². The van der Waals surface area contributed by atoms with Gasteiger partial charge in [-0.1, -0.05) is 64.0 Å². The summed E-state index contributed by atoms with van der Waals surface area (Å²) >= 11 is 5.63. The number of hydrogen-bond acceptors (Lipinski definition) is 0. The summed E-state index contributed by atoms with van der Waals surface area (Å²) in [6, 6.07) is 0. The van der Waals surface area contributed by atoms with Gasteiger partial charge in [-0.05, 0) is 25.7 Å². The van der Waals surface area contributed by atoms with Crippen LogP contribution in [0, 0.1) is 0 Å². The first-order valence-corrected chi connectivity index (χ1v) is 7.66. The zero-order chi connectivity index (χ0) is 11.9. The van der Waals surface area contributed by atoms with Gasteiger partial charge in [0.1, 0.15) is 0 Å². The lowest BCUT2D eigenvalue weighted by molar-refractivity contribution is 0.593. The molecule has 0 aliphatic heterocycles. The van der Waals surface area contributed by atoms with Gasteiger partial charge < -0.3 is 0 Å². The second-order valence-electron chi connectivity index (χ2n) is 4.57. The van der Waals surface area contributed by atoms with Gasteiger partial charge in [0.2, 0.25) is 0 Å². The molecule has 0 saturated carbocycles. The zero-order valence-corrected chi connectivity index (χ0v) is 11.8. The van der Waals surface area contributed by atoms with E-state index >= 15 is 0 Å². The van der Waals surface area contributed by atoms with Gasteiger partial charge in [0, 0.05) is 5.88 Å². The van der Waals surface area contributed by atoms with Crippen molar-refractivity contribution >= 4 is 11.6 Å². The van der Waals surface area contributed by atoms with E-state index in [2.05, 4.69) is 19.1 Å². The molecule has 0 amide bonds. The van der Waals surface area contributed by atoms with Crippen LogP contribution in [0.3, 0.4) is 0 Å². The van der Waals surface area contributed by atoms with Gasteiger partial charge in [0.05, 0.1) is 0 Å². The fourth-order valence-electron chi connectivity index (χ4n) is 1.80. The molecule has 0 N–H and O–H groups in total. The van der Waals surface area contributed by atoms with Gasteiger partial charge in [-0.25, -0.2) is 0 Å². The molecule has 0 aromatic rings. The number of unbranched alkanes of at least 4 members (excludes halogenated alkanes) is 9. The summed E-state index contributed by atoms with van der Waals surface area (Å²) in [4.78, 5) is 0. The quantitative estimate of drug-likeness (QED) is 0.221. The zero-order valence-electron chi connectivity index (χ0n) is 11.0. The highest BCUT2D eigenvalue weighted by atomic mass is 35.5. The molecule has 0 nitrogen and oxygen atoms in total. The first-order chi connectivity index (χ1) is 7.91. The molecule has 0 spiro atoms. The van der Waals surface area contributed by atoms with Crippen LogP contribution in [0.4, 0.5) is 0 Å². The minimum Gasteiger partial charge on any atom is -0.127 e. The van der Waals surface area contributed by atoms with Crippen molar-refractivity contribution in [2.24, 2.45) is 0 Å². The van der Waals surface area contributed by atoms with Gasteiger partial charge in [0.25, 0.3) is 0 Å². The molecule has 0 aromatic heterocycles. The van der Waals surface area contributed by atoms with Gasteiger partial charge >= 0.3 is 0 Å². The SMILES string of the molecule is CCCCC=CCCCCCCCCCCl. The summed E-state index contributed by atoms with van der Waals surface area (Å²) in [6.07, 6.45) is 19.4. The normalized spacial score (nSPS) is 11.4. The number of hydrogen-bond donors (Lipinski definition) is 0. The van der Waals surface area contributed by atoms with Crippen LogP contribution < -0.4 is 0 Å². The highest BCUT2D eigenvalue weighted by Crippen LogP contribution is 2.09. The van der Waals surface area contributed by atoms with Crippen LogP contribution in [0.25, 0.3) is 0 Å². The summed E-state index contributed by atoms with van der Waals surface area (Å²) in [6.45, 7) is 2.25. The summed E-state index contributed by atoms with van der Waals surface area (Å²) in [5.74, 6) is 0.836. The van der Waals surface area contributed by atoms with Crippen LogP contribution in [0.15, 0.2) is 12.2 Å². The predicted molar refractivity (Wildman–Crippen MR) is 76.3 cm³/mol. The third-order valence-electron chi connectivity index (χ3n) is 2.90. The van der Waals surface area contributed by atoms with Crippen LogP contribution in [-0.2, 0) is 0 Å². The van der Waals surface area contributed by atoms with Crippen LogP contribution in [-0.4, -0.2) is 5.88 Å². The molecule has 0 radical (unpaired) electrons. The van der Waals surface area contributed by atoms with Crippen molar-refractivity contribution in [1.82, 2.24) is 0 Å². The molecule has 1 heteroatoms. The molecule has 0 heterocycles. The van der Waals surface area contributed by atoms with E-state index in [1.165, 1.54) is 70.6 Å². The standard InChI is InChI=1S/C15H29Cl/c1-2-3-4-5-6-7-8-9-10-11-12-13-14-15-16/h5-6H,2-4,7-15H2,1H3. The van der Waals surface area contributed by atoms with E-state index in [9.17, 15) is 0 Å². The van der Waals surface area contributed by atoms with Gasteiger partial charge in [0.15, 0.2) is 0 Å². The van der Waals surface area contributed by atoms with E-state index in [1.807, 2.05) is 0 Å². The molecule has 0 aromatic carbocycles. The Morgan fingerprint density at radius 1 is 0.688 bits per heavy atom. The topological polar surface area (TPSA) is 0 Å². The van der Waals surface area contributed by atoms with Crippen molar-refractivity contribution < 1.29 is 0 Å². The van der Waals surface area contributed by atoms with Crippen molar-refractivity contribution in [3.8, 4) is 0 Å². The monoisotopic (exact) mass is 244 g/mol. The lowest BCUT2D eigenvalue weighted by atomic mass is 10.1. The maximum Gasteiger partial charge on any atom is 0.0223 e. The van der Waals surface area contributed by atoms with Crippen LogP contribution in [0.1, 0.15) is 77.6 Å². The van der Waals surface area contributed by atoms with Crippen LogP contribution >= 0.6 is 11.6 Å². The number of alkyl halides is 1. The van der Waals surface area contributed by atoms with Crippen molar-refractivity contribution in [2.45, 2.75) is 77.6 Å². The summed E-state index contributed by atoms with van der Waals surface area (Å²) in [7, 11) is 0. The Morgan fingerprint density at radius 2 is 1.19 bits per heavy atom. The molecule has 0 atom stereocenters. The highest BCUT2D eigenvalue weighted by Gasteiger charge is 1.90. The molecule has 0 fully saturated rings. The third kappa shape index (κ3) is 14.0. The fourth-order valence-corrected chi connectivity index (χ4v) is 1.99. The van der Waals surface area contributed by atoms with Crippen molar-refractivity contribution in [3.05, 3.63) is 12.2 Å². The van der Waals surface area contributed by atoms with Crippen molar-refractivity contribution in [2.75, 3.05) is 5.88 Å². The Labute approximate surface area is 107 Å². The molecule has 0 bridgehead atoms. The summed E-state index contributed by atoms with van der Waals surface area (Å²) in [5.41, 5.74) is 0. The molecular weight excluding hydrogens is 216 g/mol.